The van der Waals surface area contributed by atoms with Gasteiger partial charge in [-0.25, -0.2) is 0 Å². The van der Waals surface area contributed by atoms with Crippen molar-refractivity contribution in [3.05, 3.63) is 42.6 Å². The fraction of sp³-hybridized carbons (Fsp3) is 0.0909. The first kappa shape index (κ1) is 6.78. The van der Waals surface area contributed by atoms with Gasteiger partial charge in [0.05, 0.1) is 11.8 Å². The van der Waals surface area contributed by atoms with Gasteiger partial charge < -0.3 is 8.82 Å². The predicted octanol–water partition coefficient (Wildman–Crippen LogP) is 2.99. The molecule has 3 aromatic heterocycles. The van der Waals surface area contributed by atoms with Crippen molar-refractivity contribution in [1.29, 1.82) is 0 Å². The molecule has 0 bridgehead atoms. The van der Waals surface area contributed by atoms with Crippen molar-refractivity contribution >= 4 is 16.3 Å². The second-order valence-corrected chi connectivity index (χ2v) is 3.29. The number of aryl methyl sites for hydroxylation is 1. The Morgan fingerprint density at radius 3 is 3.15 bits per heavy atom. The van der Waals surface area contributed by atoms with Crippen LogP contribution in [-0.4, -0.2) is 4.40 Å². The van der Waals surface area contributed by atoms with Crippen molar-refractivity contribution in [3.63, 3.8) is 0 Å². The van der Waals surface area contributed by atoms with E-state index in [-0.39, 0.29) is 0 Å². The summed E-state index contributed by atoms with van der Waals surface area (Å²) in [6.45, 7) is 2.10. The first-order valence-electron chi connectivity index (χ1n) is 4.29. The zero-order valence-electron chi connectivity index (χ0n) is 7.32. The molecule has 0 aliphatic rings. The van der Waals surface area contributed by atoms with Gasteiger partial charge in [0.2, 0.25) is 0 Å². The van der Waals surface area contributed by atoms with Gasteiger partial charge in [-0.05, 0) is 25.1 Å². The fourth-order valence-corrected chi connectivity index (χ4v) is 1.83. The van der Waals surface area contributed by atoms with E-state index >= 15 is 0 Å². The number of fused-ring (bicyclic) bond motifs is 3. The normalized spacial score (nSPS) is 11.5. The van der Waals surface area contributed by atoms with Crippen molar-refractivity contribution < 1.29 is 4.42 Å². The fourth-order valence-electron chi connectivity index (χ4n) is 1.83. The predicted molar refractivity (Wildman–Crippen MR) is 51.9 cm³/mol. The average Bonchev–Trinajstić information content (AvgIpc) is 2.66. The Bertz CT molecular complexity index is 574. The monoisotopic (exact) mass is 171 g/mol. The quantitative estimate of drug-likeness (QED) is 0.508. The zero-order valence-corrected chi connectivity index (χ0v) is 7.32. The highest BCUT2D eigenvalue weighted by Crippen LogP contribution is 2.23. The number of pyridine rings is 1. The first-order valence-corrected chi connectivity index (χ1v) is 4.29. The van der Waals surface area contributed by atoms with Crippen LogP contribution in [0.5, 0.6) is 0 Å². The molecule has 0 spiro atoms. The summed E-state index contributed by atoms with van der Waals surface area (Å²) in [4.78, 5) is 0. The molecule has 0 saturated carbocycles. The van der Waals surface area contributed by atoms with Crippen LogP contribution in [0.15, 0.2) is 41.3 Å². The number of rotatable bonds is 0. The van der Waals surface area contributed by atoms with E-state index in [9.17, 15) is 0 Å². The maximum atomic E-state index is 5.18. The molecule has 0 N–H and O–H groups in total. The van der Waals surface area contributed by atoms with E-state index in [2.05, 4.69) is 35.7 Å². The molecular formula is C11H9NO. The number of nitrogens with zero attached hydrogens (tertiary/aromatic N) is 1. The van der Waals surface area contributed by atoms with Crippen molar-refractivity contribution in [2.75, 3.05) is 0 Å². The molecule has 0 aliphatic heterocycles. The highest BCUT2D eigenvalue weighted by atomic mass is 16.3. The summed E-state index contributed by atoms with van der Waals surface area (Å²) >= 11 is 0. The van der Waals surface area contributed by atoms with Crippen LogP contribution in [0, 0.1) is 6.92 Å². The van der Waals surface area contributed by atoms with E-state index < -0.39 is 0 Å². The smallest absolute Gasteiger partial charge is 0.100 e. The molecule has 3 rings (SSSR count). The molecule has 0 unspecified atom stereocenters. The maximum Gasteiger partial charge on any atom is 0.100 e. The summed E-state index contributed by atoms with van der Waals surface area (Å²) in [5.41, 5.74) is 2.44. The van der Waals surface area contributed by atoms with Crippen LogP contribution in [0.3, 0.4) is 0 Å². The van der Waals surface area contributed by atoms with Crippen LogP contribution < -0.4 is 0 Å². The van der Waals surface area contributed by atoms with Gasteiger partial charge in [0.25, 0.3) is 0 Å². The SMILES string of the molecule is Cc1cc2cocc2c2cccn12. The van der Waals surface area contributed by atoms with Crippen LogP contribution in [0.25, 0.3) is 16.3 Å². The summed E-state index contributed by atoms with van der Waals surface area (Å²) < 4.78 is 7.35. The summed E-state index contributed by atoms with van der Waals surface area (Å²) in [7, 11) is 0. The molecule has 64 valence electrons. The molecule has 0 aromatic carbocycles. The Balaban J connectivity index is 2.70. The van der Waals surface area contributed by atoms with Crippen LogP contribution in [0.2, 0.25) is 0 Å². The number of aromatic nitrogens is 1. The minimum atomic E-state index is 1.17. The van der Waals surface area contributed by atoms with Crippen molar-refractivity contribution in [3.8, 4) is 0 Å². The molecule has 0 radical (unpaired) electrons. The van der Waals surface area contributed by atoms with Crippen molar-refractivity contribution in [1.82, 2.24) is 4.40 Å². The number of hydrogen-bond acceptors (Lipinski definition) is 1. The second-order valence-electron chi connectivity index (χ2n) is 3.29. The lowest BCUT2D eigenvalue weighted by Gasteiger charge is -2.00. The Morgan fingerprint density at radius 1 is 1.31 bits per heavy atom. The highest BCUT2D eigenvalue weighted by molar-refractivity contribution is 5.95. The molecule has 2 heteroatoms. The van der Waals surface area contributed by atoms with Gasteiger partial charge in [0.1, 0.15) is 6.26 Å². The highest BCUT2D eigenvalue weighted by Gasteiger charge is 2.03. The van der Waals surface area contributed by atoms with Crippen LogP contribution in [-0.2, 0) is 0 Å². The lowest BCUT2D eigenvalue weighted by molar-refractivity contribution is 0.572. The summed E-state index contributed by atoms with van der Waals surface area (Å²) in [5, 5.41) is 2.35. The second kappa shape index (κ2) is 2.16. The minimum Gasteiger partial charge on any atom is -0.471 e. The lowest BCUT2D eigenvalue weighted by Crippen LogP contribution is -1.87. The molecule has 13 heavy (non-hydrogen) atoms. The molecule has 0 aliphatic carbocycles. The maximum absolute atomic E-state index is 5.18. The van der Waals surface area contributed by atoms with Gasteiger partial charge in [-0.1, -0.05) is 0 Å². The number of hydrogen-bond donors (Lipinski definition) is 0. The van der Waals surface area contributed by atoms with E-state index in [1.165, 1.54) is 22.0 Å². The Morgan fingerprint density at radius 2 is 2.23 bits per heavy atom. The average molecular weight is 171 g/mol. The first-order chi connectivity index (χ1) is 6.36. The number of furan rings is 1. The van der Waals surface area contributed by atoms with E-state index in [1.807, 2.05) is 0 Å². The Labute approximate surface area is 75.4 Å². The molecule has 3 heterocycles. The van der Waals surface area contributed by atoms with E-state index in [1.54, 1.807) is 12.5 Å². The summed E-state index contributed by atoms with van der Waals surface area (Å²) in [6, 6.07) is 6.28. The molecule has 0 fully saturated rings. The summed E-state index contributed by atoms with van der Waals surface area (Å²) in [5.74, 6) is 0. The molecule has 2 nitrogen and oxygen atoms in total. The molecule has 0 atom stereocenters. The van der Waals surface area contributed by atoms with Gasteiger partial charge in [0.15, 0.2) is 0 Å². The van der Waals surface area contributed by atoms with E-state index in [0.717, 1.165) is 0 Å². The third-order valence-electron chi connectivity index (χ3n) is 2.46. The van der Waals surface area contributed by atoms with E-state index in [4.69, 9.17) is 4.42 Å². The summed E-state index contributed by atoms with van der Waals surface area (Å²) in [6.07, 6.45) is 5.65. The largest absolute Gasteiger partial charge is 0.471 e. The third kappa shape index (κ3) is 0.773. The third-order valence-corrected chi connectivity index (χ3v) is 2.46. The van der Waals surface area contributed by atoms with Gasteiger partial charge in [-0.15, -0.1) is 0 Å². The minimum absolute atomic E-state index is 1.17. The van der Waals surface area contributed by atoms with Gasteiger partial charge >= 0.3 is 0 Å². The van der Waals surface area contributed by atoms with Crippen LogP contribution >= 0.6 is 0 Å². The molecular weight excluding hydrogens is 162 g/mol. The molecule has 0 saturated heterocycles. The Kier molecular flexibility index (Phi) is 1.13. The van der Waals surface area contributed by atoms with Crippen molar-refractivity contribution in [2.45, 2.75) is 6.92 Å². The molecule has 0 amide bonds. The van der Waals surface area contributed by atoms with Crippen LogP contribution in [0.4, 0.5) is 0 Å². The van der Waals surface area contributed by atoms with E-state index in [0.29, 0.717) is 0 Å². The standard InChI is InChI=1S/C11H9NO/c1-8-5-9-6-13-7-10(9)11-3-2-4-12(8)11/h2-7H,1H3. The van der Waals surface area contributed by atoms with Gasteiger partial charge in [-0.2, -0.15) is 0 Å². The topological polar surface area (TPSA) is 17.6 Å². The molecule has 3 aromatic rings. The van der Waals surface area contributed by atoms with Crippen molar-refractivity contribution in [2.24, 2.45) is 0 Å². The Hall–Kier alpha value is -1.70. The zero-order chi connectivity index (χ0) is 8.84. The van der Waals surface area contributed by atoms with Crippen LogP contribution in [0.1, 0.15) is 5.69 Å². The van der Waals surface area contributed by atoms with Gasteiger partial charge in [-0.3, -0.25) is 0 Å². The van der Waals surface area contributed by atoms with Gasteiger partial charge in [0, 0.05) is 22.7 Å². The lowest BCUT2D eigenvalue weighted by atomic mass is 10.2.